The summed E-state index contributed by atoms with van der Waals surface area (Å²) in [7, 11) is 0. The van der Waals surface area contributed by atoms with Crippen molar-refractivity contribution in [3.05, 3.63) is 29.8 Å². The van der Waals surface area contributed by atoms with Gasteiger partial charge in [-0.15, -0.1) is 0 Å². The number of aliphatic hydroxyl groups excluding tert-OH is 1. The second-order valence-electron chi connectivity index (χ2n) is 5.84. The fourth-order valence-electron chi connectivity index (χ4n) is 3.01. The molecule has 17 heavy (non-hydrogen) atoms. The van der Waals surface area contributed by atoms with E-state index in [1.165, 1.54) is 17.7 Å². The van der Waals surface area contributed by atoms with Crippen LogP contribution in [0, 0.1) is 12.8 Å². The minimum absolute atomic E-state index is 0.202. The van der Waals surface area contributed by atoms with Crippen LogP contribution >= 0.6 is 0 Å². The van der Waals surface area contributed by atoms with Crippen LogP contribution < -0.4 is 4.90 Å². The SMILES string of the molecule is Cc1cccc(N2CC(CCO)CC2(C)C)c1. The molecule has 0 saturated carbocycles. The van der Waals surface area contributed by atoms with Gasteiger partial charge in [0, 0.05) is 24.4 Å². The molecule has 0 aliphatic carbocycles. The maximum atomic E-state index is 9.08. The Bertz CT molecular complexity index is 386. The quantitative estimate of drug-likeness (QED) is 0.867. The van der Waals surface area contributed by atoms with Crippen molar-refractivity contribution in [2.45, 2.75) is 39.2 Å². The van der Waals surface area contributed by atoms with E-state index in [-0.39, 0.29) is 5.54 Å². The summed E-state index contributed by atoms with van der Waals surface area (Å²) in [4.78, 5) is 2.49. The summed E-state index contributed by atoms with van der Waals surface area (Å²) in [6.07, 6.45) is 2.09. The van der Waals surface area contributed by atoms with Crippen LogP contribution in [0.4, 0.5) is 5.69 Å². The van der Waals surface area contributed by atoms with Gasteiger partial charge in [0.25, 0.3) is 0 Å². The molecule has 1 N–H and O–H groups in total. The van der Waals surface area contributed by atoms with Crippen molar-refractivity contribution in [2.24, 2.45) is 5.92 Å². The third kappa shape index (κ3) is 2.63. The summed E-state index contributed by atoms with van der Waals surface area (Å²) in [6, 6.07) is 8.71. The van der Waals surface area contributed by atoms with E-state index in [9.17, 15) is 0 Å². The Hall–Kier alpha value is -1.02. The topological polar surface area (TPSA) is 23.5 Å². The van der Waals surface area contributed by atoms with Gasteiger partial charge in [-0.1, -0.05) is 12.1 Å². The second-order valence-corrected chi connectivity index (χ2v) is 5.84. The van der Waals surface area contributed by atoms with Crippen LogP contribution in [0.1, 0.15) is 32.3 Å². The lowest BCUT2D eigenvalue weighted by molar-refractivity contribution is 0.259. The predicted octanol–water partition coefficient (Wildman–Crippen LogP) is 2.98. The first-order valence-corrected chi connectivity index (χ1v) is 6.48. The first kappa shape index (κ1) is 12.4. The number of rotatable bonds is 3. The highest BCUT2D eigenvalue weighted by molar-refractivity contribution is 5.51. The van der Waals surface area contributed by atoms with E-state index in [4.69, 9.17) is 5.11 Å². The standard InChI is InChI=1S/C15H23NO/c1-12-5-4-6-14(9-12)16-11-13(7-8-17)10-15(16,2)3/h4-6,9,13,17H,7-8,10-11H2,1-3H3. The average molecular weight is 233 g/mol. The van der Waals surface area contributed by atoms with Crippen molar-refractivity contribution >= 4 is 5.69 Å². The smallest absolute Gasteiger partial charge is 0.0434 e. The van der Waals surface area contributed by atoms with Crippen molar-refractivity contribution in [2.75, 3.05) is 18.1 Å². The molecule has 1 fully saturated rings. The Morgan fingerprint density at radius 1 is 1.41 bits per heavy atom. The van der Waals surface area contributed by atoms with Crippen LogP contribution in [0.2, 0.25) is 0 Å². The number of nitrogens with zero attached hydrogens (tertiary/aromatic N) is 1. The lowest BCUT2D eigenvalue weighted by atomic mass is 9.94. The minimum Gasteiger partial charge on any atom is -0.396 e. The first-order valence-electron chi connectivity index (χ1n) is 6.48. The van der Waals surface area contributed by atoms with Gasteiger partial charge in [0.1, 0.15) is 0 Å². The molecular formula is C15H23NO. The molecule has 2 nitrogen and oxygen atoms in total. The summed E-state index contributed by atoms with van der Waals surface area (Å²) < 4.78 is 0. The third-order valence-corrected chi connectivity index (χ3v) is 3.81. The molecule has 1 aromatic rings. The molecule has 1 saturated heterocycles. The monoisotopic (exact) mass is 233 g/mol. The molecule has 2 heteroatoms. The Balaban J connectivity index is 2.20. The molecule has 0 amide bonds. The van der Waals surface area contributed by atoms with Crippen LogP contribution in [0.25, 0.3) is 0 Å². The van der Waals surface area contributed by atoms with Gasteiger partial charge < -0.3 is 10.0 Å². The average Bonchev–Trinajstić information content (AvgIpc) is 2.54. The maximum Gasteiger partial charge on any atom is 0.0434 e. The van der Waals surface area contributed by atoms with Crippen molar-refractivity contribution < 1.29 is 5.11 Å². The molecule has 0 spiro atoms. The van der Waals surface area contributed by atoms with E-state index < -0.39 is 0 Å². The van der Waals surface area contributed by atoms with Crippen molar-refractivity contribution in [1.29, 1.82) is 0 Å². The largest absolute Gasteiger partial charge is 0.396 e. The van der Waals surface area contributed by atoms with Gasteiger partial charge in [0.05, 0.1) is 0 Å². The highest BCUT2D eigenvalue weighted by Crippen LogP contribution is 2.38. The summed E-state index contributed by atoms with van der Waals surface area (Å²) in [5.74, 6) is 0.621. The van der Waals surface area contributed by atoms with Gasteiger partial charge in [-0.3, -0.25) is 0 Å². The van der Waals surface area contributed by atoms with Gasteiger partial charge in [-0.25, -0.2) is 0 Å². The molecule has 1 atom stereocenters. The van der Waals surface area contributed by atoms with Crippen LogP contribution in [0.15, 0.2) is 24.3 Å². The molecule has 1 aliphatic rings. The van der Waals surface area contributed by atoms with Crippen LogP contribution in [-0.2, 0) is 0 Å². The maximum absolute atomic E-state index is 9.08. The number of hydrogen-bond donors (Lipinski definition) is 1. The van der Waals surface area contributed by atoms with E-state index in [2.05, 4.69) is 49.9 Å². The molecule has 94 valence electrons. The second kappa shape index (κ2) is 4.69. The number of aryl methyl sites for hydroxylation is 1. The summed E-state index contributed by atoms with van der Waals surface area (Å²) in [5, 5.41) is 9.08. The highest BCUT2D eigenvalue weighted by Gasteiger charge is 2.37. The molecular weight excluding hydrogens is 210 g/mol. The Kier molecular flexibility index (Phi) is 3.43. The van der Waals surface area contributed by atoms with Gasteiger partial charge >= 0.3 is 0 Å². The first-order chi connectivity index (χ1) is 8.03. The van der Waals surface area contributed by atoms with Crippen molar-refractivity contribution in [3.63, 3.8) is 0 Å². The van der Waals surface area contributed by atoms with Crippen LogP contribution in [-0.4, -0.2) is 23.8 Å². The molecule has 1 heterocycles. The molecule has 1 aliphatic heterocycles. The fraction of sp³-hybridized carbons (Fsp3) is 0.600. The molecule has 0 bridgehead atoms. The number of benzene rings is 1. The van der Waals surface area contributed by atoms with E-state index in [0.29, 0.717) is 12.5 Å². The van der Waals surface area contributed by atoms with E-state index in [1.807, 2.05) is 0 Å². The normalized spacial score (nSPS) is 23.1. The van der Waals surface area contributed by atoms with Crippen LogP contribution in [0.5, 0.6) is 0 Å². The molecule has 1 aromatic carbocycles. The third-order valence-electron chi connectivity index (χ3n) is 3.81. The Morgan fingerprint density at radius 2 is 2.18 bits per heavy atom. The van der Waals surface area contributed by atoms with Gasteiger partial charge in [-0.2, -0.15) is 0 Å². The minimum atomic E-state index is 0.202. The Morgan fingerprint density at radius 3 is 2.82 bits per heavy atom. The fourth-order valence-corrected chi connectivity index (χ4v) is 3.01. The number of aliphatic hydroxyl groups is 1. The molecule has 0 aromatic heterocycles. The van der Waals surface area contributed by atoms with Crippen molar-refractivity contribution in [1.82, 2.24) is 0 Å². The summed E-state index contributed by atoms with van der Waals surface area (Å²) in [5.41, 5.74) is 2.83. The highest BCUT2D eigenvalue weighted by atomic mass is 16.3. The van der Waals surface area contributed by atoms with Gasteiger partial charge in [0.2, 0.25) is 0 Å². The lowest BCUT2D eigenvalue weighted by Gasteiger charge is -2.33. The predicted molar refractivity (Wildman–Crippen MR) is 72.4 cm³/mol. The summed E-state index contributed by atoms with van der Waals surface area (Å²) >= 11 is 0. The van der Waals surface area contributed by atoms with E-state index >= 15 is 0 Å². The zero-order chi connectivity index (χ0) is 12.5. The molecule has 2 rings (SSSR count). The zero-order valence-corrected chi connectivity index (χ0v) is 11.1. The zero-order valence-electron chi connectivity index (χ0n) is 11.1. The molecule has 0 radical (unpaired) electrons. The number of anilines is 1. The lowest BCUT2D eigenvalue weighted by Crippen LogP contribution is -2.38. The van der Waals surface area contributed by atoms with Gasteiger partial charge in [-0.05, 0) is 57.2 Å². The van der Waals surface area contributed by atoms with E-state index in [0.717, 1.165) is 13.0 Å². The Labute approximate surface area is 104 Å². The van der Waals surface area contributed by atoms with Gasteiger partial charge in [0.15, 0.2) is 0 Å². The van der Waals surface area contributed by atoms with Crippen LogP contribution in [0.3, 0.4) is 0 Å². The van der Waals surface area contributed by atoms with E-state index in [1.54, 1.807) is 0 Å². The summed E-state index contributed by atoms with van der Waals surface area (Å²) in [6.45, 7) is 8.11. The van der Waals surface area contributed by atoms with Crippen molar-refractivity contribution in [3.8, 4) is 0 Å². The number of hydrogen-bond acceptors (Lipinski definition) is 2. The molecule has 1 unspecified atom stereocenters.